The molecule has 0 unspecified atom stereocenters. The minimum atomic E-state index is -0.259. The molecule has 0 aliphatic carbocycles. The van der Waals surface area contributed by atoms with Gasteiger partial charge in [-0.15, -0.1) is 0 Å². The highest BCUT2D eigenvalue weighted by Gasteiger charge is 2.09. The molecule has 0 aliphatic rings. The van der Waals surface area contributed by atoms with Gasteiger partial charge in [0.1, 0.15) is 12.4 Å². The number of anilines is 1. The fourth-order valence-corrected chi connectivity index (χ4v) is 1.41. The van der Waals surface area contributed by atoms with Gasteiger partial charge in [-0.1, -0.05) is 6.07 Å². The maximum absolute atomic E-state index is 11.5. The normalized spacial score (nSPS) is 10.3. The van der Waals surface area contributed by atoms with Gasteiger partial charge in [0.15, 0.2) is 0 Å². The van der Waals surface area contributed by atoms with E-state index in [4.69, 9.17) is 10.5 Å². The minimum Gasteiger partial charge on any atom is -0.507 e. The molecular weight excluding hydrogens is 220 g/mol. The van der Waals surface area contributed by atoms with Crippen LogP contribution in [0.4, 0.5) is 5.69 Å². The summed E-state index contributed by atoms with van der Waals surface area (Å²) in [6.45, 7) is 4.26. The number of rotatable bonds is 5. The number of ether oxygens (including phenoxy) is 1. The summed E-state index contributed by atoms with van der Waals surface area (Å²) in [5.41, 5.74) is 7.26. The summed E-state index contributed by atoms with van der Waals surface area (Å²) in [7, 11) is 0. The second kappa shape index (κ2) is 6.22. The average Bonchev–Trinajstić information content (AvgIpc) is 2.30. The summed E-state index contributed by atoms with van der Waals surface area (Å²) >= 11 is 0. The van der Waals surface area contributed by atoms with Crippen LogP contribution in [0.3, 0.4) is 0 Å². The summed E-state index contributed by atoms with van der Waals surface area (Å²) in [6, 6.07) is 3.50. The van der Waals surface area contributed by atoms with E-state index in [-0.39, 0.29) is 18.3 Å². The van der Waals surface area contributed by atoms with Gasteiger partial charge in [-0.3, -0.25) is 4.79 Å². The summed E-state index contributed by atoms with van der Waals surface area (Å²) in [4.78, 5) is 11.5. The number of aryl methyl sites for hydroxylation is 1. The largest absolute Gasteiger partial charge is 0.507 e. The first-order chi connectivity index (χ1) is 8.06. The number of hydrogen-bond donors (Lipinski definition) is 3. The zero-order valence-electron chi connectivity index (χ0n) is 10.1. The summed E-state index contributed by atoms with van der Waals surface area (Å²) in [5, 5.41) is 12.4. The molecular formula is C12H18N2O3. The van der Waals surface area contributed by atoms with Crippen LogP contribution in [0, 0.1) is 13.8 Å². The first-order valence-corrected chi connectivity index (χ1v) is 5.43. The van der Waals surface area contributed by atoms with Gasteiger partial charge >= 0.3 is 0 Å². The molecule has 0 aliphatic heterocycles. The highest BCUT2D eigenvalue weighted by atomic mass is 16.5. The van der Waals surface area contributed by atoms with E-state index in [0.29, 0.717) is 24.4 Å². The van der Waals surface area contributed by atoms with Gasteiger partial charge in [0, 0.05) is 17.8 Å². The monoisotopic (exact) mass is 238 g/mol. The Morgan fingerprint density at radius 3 is 2.82 bits per heavy atom. The number of aromatic hydroxyl groups is 1. The van der Waals surface area contributed by atoms with Crippen molar-refractivity contribution < 1.29 is 14.6 Å². The number of benzene rings is 1. The molecule has 0 bridgehead atoms. The van der Waals surface area contributed by atoms with Crippen molar-refractivity contribution in [3.05, 3.63) is 23.3 Å². The standard InChI is InChI=1S/C12H18N2O3/c1-8-3-4-10(9(2)12(8)16)14-11(15)7-17-6-5-13/h3-4,16H,5-7,13H2,1-2H3,(H,14,15). The molecule has 5 nitrogen and oxygen atoms in total. The molecule has 0 saturated heterocycles. The predicted molar refractivity (Wildman–Crippen MR) is 66.1 cm³/mol. The van der Waals surface area contributed by atoms with Gasteiger partial charge in [-0.25, -0.2) is 0 Å². The average molecular weight is 238 g/mol. The fraction of sp³-hybridized carbons (Fsp3) is 0.417. The van der Waals surface area contributed by atoms with Crippen LogP contribution in [0.15, 0.2) is 12.1 Å². The highest BCUT2D eigenvalue weighted by molar-refractivity contribution is 5.92. The molecule has 0 radical (unpaired) electrons. The molecule has 17 heavy (non-hydrogen) atoms. The van der Waals surface area contributed by atoms with E-state index in [1.165, 1.54) is 0 Å². The quantitative estimate of drug-likeness (QED) is 0.666. The summed E-state index contributed by atoms with van der Waals surface area (Å²) in [6.07, 6.45) is 0. The molecule has 1 amide bonds. The zero-order chi connectivity index (χ0) is 12.8. The molecule has 0 saturated carbocycles. The number of carbonyl (C=O) groups excluding carboxylic acids is 1. The van der Waals surface area contributed by atoms with Gasteiger partial charge in [0.05, 0.1) is 6.61 Å². The Morgan fingerprint density at radius 1 is 1.47 bits per heavy atom. The van der Waals surface area contributed by atoms with Gasteiger partial charge in [0.25, 0.3) is 0 Å². The first-order valence-electron chi connectivity index (χ1n) is 5.43. The lowest BCUT2D eigenvalue weighted by Crippen LogP contribution is -2.21. The van der Waals surface area contributed by atoms with Crippen LogP contribution >= 0.6 is 0 Å². The van der Waals surface area contributed by atoms with Crippen LogP contribution in [-0.2, 0) is 9.53 Å². The number of nitrogens with two attached hydrogens (primary N) is 1. The van der Waals surface area contributed by atoms with Crippen LogP contribution in [-0.4, -0.2) is 30.8 Å². The van der Waals surface area contributed by atoms with Crippen molar-refractivity contribution >= 4 is 11.6 Å². The third kappa shape index (κ3) is 3.72. The van der Waals surface area contributed by atoms with Crippen molar-refractivity contribution in [3.8, 4) is 5.75 Å². The number of nitrogens with one attached hydrogen (secondary N) is 1. The number of phenols is 1. The second-order valence-corrected chi connectivity index (χ2v) is 3.79. The fourth-order valence-electron chi connectivity index (χ4n) is 1.41. The molecule has 5 heteroatoms. The smallest absolute Gasteiger partial charge is 0.250 e. The van der Waals surface area contributed by atoms with Crippen molar-refractivity contribution in [2.24, 2.45) is 5.73 Å². The van der Waals surface area contributed by atoms with Crippen LogP contribution in [0.25, 0.3) is 0 Å². The van der Waals surface area contributed by atoms with E-state index < -0.39 is 0 Å². The van der Waals surface area contributed by atoms with Crippen LogP contribution in [0.2, 0.25) is 0 Å². The maximum Gasteiger partial charge on any atom is 0.250 e. The van der Waals surface area contributed by atoms with Crippen LogP contribution in [0.1, 0.15) is 11.1 Å². The Kier molecular flexibility index (Phi) is 4.93. The molecule has 4 N–H and O–H groups in total. The Morgan fingerprint density at radius 2 is 2.18 bits per heavy atom. The molecule has 0 fully saturated rings. The van der Waals surface area contributed by atoms with Crippen LogP contribution < -0.4 is 11.1 Å². The Hall–Kier alpha value is -1.59. The molecule has 1 aromatic carbocycles. The summed E-state index contributed by atoms with van der Waals surface area (Å²) < 4.78 is 5.01. The molecule has 0 spiro atoms. The first kappa shape index (κ1) is 13.5. The van der Waals surface area contributed by atoms with E-state index in [1.54, 1.807) is 26.0 Å². The van der Waals surface area contributed by atoms with Gasteiger partial charge in [-0.2, -0.15) is 0 Å². The van der Waals surface area contributed by atoms with E-state index in [2.05, 4.69) is 5.32 Å². The molecule has 1 rings (SSSR count). The predicted octanol–water partition coefficient (Wildman–Crippen LogP) is 0.923. The van der Waals surface area contributed by atoms with Crippen LogP contribution in [0.5, 0.6) is 5.75 Å². The second-order valence-electron chi connectivity index (χ2n) is 3.79. The van der Waals surface area contributed by atoms with Gasteiger partial charge in [-0.05, 0) is 25.5 Å². The number of hydrogen-bond acceptors (Lipinski definition) is 4. The Bertz CT molecular complexity index is 405. The zero-order valence-corrected chi connectivity index (χ0v) is 10.1. The summed E-state index contributed by atoms with van der Waals surface area (Å²) in [5.74, 6) is -0.0597. The van der Waals surface area contributed by atoms with Gasteiger partial charge < -0.3 is 20.9 Å². The Balaban J connectivity index is 2.63. The maximum atomic E-state index is 11.5. The van der Waals surface area contributed by atoms with Crippen molar-refractivity contribution in [2.45, 2.75) is 13.8 Å². The lowest BCUT2D eigenvalue weighted by molar-refractivity contribution is -0.120. The van der Waals surface area contributed by atoms with Crippen molar-refractivity contribution in [1.29, 1.82) is 0 Å². The molecule has 0 aromatic heterocycles. The molecule has 0 atom stereocenters. The van der Waals surface area contributed by atoms with Gasteiger partial charge in [0.2, 0.25) is 5.91 Å². The van der Waals surface area contributed by atoms with Crippen molar-refractivity contribution in [3.63, 3.8) is 0 Å². The molecule has 1 aromatic rings. The SMILES string of the molecule is Cc1ccc(NC(=O)COCCN)c(C)c1O. The topological polar surface area (TPSA) is 84.6 Å². The van der Waals surface area contributed by atoms with Crippen molar-refractivity contribution in [2.75, 3.05) is 25.1 Å². The minimum absolute atomic E-state index is 0.0364. The van der Waals surface area contributed by atoms with E-state index in [0.717, 1.165) is 5.56 Å². The molecule has 94 valence electrons. The van der Waals surface area contributed by atoms with Crippen molar-refractivity contribution in [1.82, 2.24) is 0 Å². The third-order valence-electron chi connectivity index (χ3n) is 2.40. The molecule has 0 heterocycles. The number of carbonyl (C=O) groups is 1. The third-order valence-corrected chi connectivity index (χ3v) is 2.40. The number of phenolic OH excluding ortho intramolecular Hbond substituents is 1. The lowest BCUT2D eigenvalue weighted by atomic mass is 10.1. The lowest BCUT2D eigenvalue weighted by Gasteiger charge is -2.11. The highest BCUT2D eigenvalue weighted by Crippen LogP contribution is 2.27. The van der Waals surface area contributed by atoms with E-state index in [9.17, 15) is 9.90 Å². The number of amides is 1. The van der Waals surface area contributed by atoms with E-state index >= 15 is 0 Å². The van der Waals surface area contributed by atoms with E-state index in [1.807, 2.05) is 0 Å². The Labute approximate surface area is 101 Å².